The molecule has 2 aromatic rings. The first-order valence-electron chi connectivity index (χ1n) is 3.59. The van der Waals surface area contributed by atoms with E-state index in [1.165, 1.54) is 6.20 Å². The van der Waals surface area contributed by atoms with Gasteiger partial charge in [0, 0.05) is 6.20 Å². The highest BCUT2D eigenvalue weighted by atomic mass is 16.5. The van der Waals surface area contributed by atoms with Crippen LogP contribution < -0.4 is 0 Å². The van der Waals surface area contributed by atoms with Crippen molar-refractivity contribution < 1.29 is 15.1 Å². The lowest BCUT2D eigenvalue weighted by Crippen LogP contribution is -1.94. The summed E-state index contributed by atoms with van der Waals surface area (Å²) in [7, 11) is 0. The molecule has 0 saturated carbocycles. The minimum absolute atomic E-state index is 0.00176. The molecule has 5 heteroatoms. The number of nitrogens with zero attached hydrogens (tertiary/aromatic N) is 2. The summed E-state index contributed by atoms with van der Waals surface area (Å²) in [6.45, 7) is 0. The molecule has 0 spiro atoms. The summed E-state index contributed by atoms with van der Waals surface area (Å²) in [5.74, 6) is -1.10. The number of pyridine rings is 1. The number of carboxylic acid groups (broad SMARTS) is 1. The third-order valence-electron chi connectivity index (χ3n) is 1.77. The Morgan fingerprint density at radius 2 is 2.31 bits per heavy atom. The summed E-state index contributed by atoms with van der Waals surface area (Å²) in [4.78, 5) is 14.5. The van der Waals surface area contributed by atoms with Crippen LogP contribution in [0.25, 0.3) is 11.0 Å². The molecule has 0 fully saturated rings. The molecule has 0 aliphatic heterocycles. The molecule has 0 aliphatic carbocycles. The molecule has 13 heavy (non-hydrogen) atoms. The van der Waals surface area contributed by atoms with Gasteiger partial charge >= 0.3 is 5.97 Å². The summed E-state index contributed by atoms with van der Waals surface area (Å²) in [5, 5.41) is 18.0. The molecule has 0 unspecified atom stereocenters. The number of hydrogen-bond donors (Lipinski definition) is 2. The van der Waals surface area contributed by atoms with Gasteiger partial charge < -0.3 is 10.3 Å². The molecule has 5 nitrogen and oxygen atoms in total. The third kappa shape index (κ3) is 1.01. The van der Waals surface area contributed by atoms with Gasteiger partial charge in [-0.25, -0.2) is 4.79 Å². The lowest BCUT2D eigenvalue weighted by atomic mass is 10.3. The van der Waals surface area contributed by atoms with Crippen LogP contribution in [0.3, 0.4) is 0 Å². The average Bonchev–Trinajstić information content (AvgIpc) is 2.45. The van der Waals surface area contributed by atoms with E-state index in [1.54, 1.807) is 12.1 Å². The molecule has 0 radical (unpaired) electrons. The second-order valence-corrected chi connectivity index (χ2v) is 2.56. The Balaban J connectivity index is 2.85. The van der Waals surface area contributed by atoms with Crippen molar-refractivity contribution in [3.8, 4) is 0 Å². The van der Waals surface area contributed by atoms with Crippen molar-refractivity contribution in [1.29, 1.82) is 0 Å². The predicted octanol–water partition coefficient (Wildman–Crippen LogP) is 0.972. The predicted molar refractivity (Wildman–Crippen MR) is 43.9 cm³/mol. The van der Waals surface area contributed by atoms with Crippen LogP contribution in [-0.4, -0.2) is 26.0 Å². The quantitative estimate of drug-likeness (QED) is 0.638. The van der Waals surface area contributed by atoms with Crippen molar-refractivity contribution >= 4 is 17.0 Å². The first-order valence-corrected chi connectivity index (χ1v) is 3.59. The maximum Gasteiger partial charge on any atom is 0.339 e. The van der Waals surface area contributed by atoms with E-state index in [2.05, 4.69) is 4.98 Å². The number of hydrogen-bond acceptors (Lipinski definition) is 3. The van der Waals surface area contributed by atoms with Crippen molar-refractivity contribution in [2.75, 3.05) is 0 Å². The molecule has 2 aromatic heterocycles. The average molecular weight is 178 g/mol. The molecule has 0 aliphatic rings. The Hall–Kier alpha value is -2.04. The molecule has 0 aromatic carbocycles. The van der Waals surface area contributed by atoms with Crippen LogP contribution in [0.2, 0.25) is 0 Å². The van der Waals surface area contributed by atoms with Gasteiger partial charge in [-0.2, -0.15) is 4.73 Å². The van der Waals surface area contributed by atoms with Gasteiger partial charge in [0.25, 0.3) is 0 Å². The van der Waals surface area contributed by atoms with E-state index in [-0.39, 0.29) is 11.1 Å². The van der Waals surface area contributed by atoms with Crippen LogP contribution in [-0.2, 0) is 0 Å². The zero-order chi connectivity index (χ0) is 9.42. The molecule has 0 saturated heterocycles. The summed E-state index contributed by atoms with van der Waals surface area (Å²) in [5.41, 5.74) is 0.676. The molecule has 0 bridgehead atoms. The topological polar surface area (TPSA) is 75.3 Å². The fourth-order valence-electron chi connectivity index (χ4n) is 1.20. The number of carboxylic acids is 1. The van der Waals surface area contributed by atoms with E-state index in [0.29, 0.717) is 5.52 Å². The van der Waals surface area contributed by atoms with Crippen LogP contribution in [0.1, 0.15) is 10.4 Å². The van der Waals surface area contributed by atoms with E-state index < -0.39 is 5.97 Å². The normalized spacial score (nSPS) is 10.5. The van der Waals surface area contributed by atoms with E-state index >= 15 is 0 Å². The summed E-state index contributed by atoms with van der Waals surface area (Å²) in [6, 6.07) is 3.22. The molecule has 2 heterocycles. The minimum Gasteiger partial charge on any atom is -0.478 e. The first kappa shape index (κ1) is 7.60. The second kappa shape index (κ2) is 2.48. The highest BCUT2D eigenvalue weighted by Gasteiger charge is 2.13. The fraction of sp³-hybridized carbons (Fsp3) is 0. The van der Waals surface area contributed by atoms with E-state index in [9.17, 15) is 10.0 Å². The monoisotopic (exact) mass is 178 g/mol. The number of rotatable bonds is 1. The van der Waals surface area contributed by atoms with Crippen LogP contribution in [0.4, 0.5) is 0 Å². The number of carbonyl (C=O) groups is 1. The van der Waals surface area contributed by atoms with E-state index in [1.807, 2.05) is 0 Å². The SMILES string of the molecule is O=C(O)c1cn(O)c2cccnc12. The molecular formula is C8H6N2O3. The molecular weight excluding hydrogens is 172 g/mol. The van der Waals surface area contributed by atoms with Gasteiger partial charge in [0.2, 0.25) is 0 Å². The summed E-state index contributed by atoms with van der Waals surface area (Å²) in [6.07, 6.45) is 2.61. The lowest BCUT2D eigenvalue weighted by Gasteiger charge is -1.90. The molecule has 2 rings (SSSR count). The van der Waals surface area contributed by atoms with Gasteiger partial charge in [-0.1, -0.05) is 0 Å². The summed E-state index contributed by atoms with van der Waals surface area (Å²) < 4.78 is 0.756. The molecule has 0 amide bonds. The zero-order valence-corrected chi connectivity index (χ0v) is 6.51. The Labute approximate surface area is 72.8 Å². The third-order valence-corrected chi connectivity index (χ3v) is 1.77. The summed E-state index contributed by atoms with van der Waals surface area (Å²) >= 11 is 0. The van der Waals surface area contributed by atoms with Gasteiger partial charge in [0.15, 0.2) is 0 Å². The standard InChI is InChI=1S/C8H6N2O3/c11-8(12)5-4-10(13)6-2-1-3-9-7(5)6/h1-4,13H,(H,11,12). The Morgan fingerprint density at radius 1 is 1.54 bits per heavy atom. The maximum atomic E-state index is 10.7. The van der Waals surface area contributed by atoms with Crippen molar-refractivity contribution in [2.24, 2.45) is 0 Å². The van der Waals surface area contributed by atoms with Gasteiger partial charge in [-0.3, -0.25) is 4.98 Å². The molecule has 66 valence electrons. The number of aromatic carboxylic acids is 1. The zero-order valence-electron chi connectivity index (χ0n) is 6.51. The van der Waals surface area contributed by atoms with Gasteiger partial charge in [-0.05, 0) is 12.1 Å². The van der Waals surface area contributed by atoms with E-state index in [4.69, 9.17) is 5.11 Å². The maximum absolute atomic E-state index is 10.7. The Kier molecular flexibility index (Phi) is 1.45. The Morgan fingerprint density at radius 3 is 3.00 bits per heavy atom. The fourth-order valence-corrected chi connectivity index (χ4v) is 1.20. The van der Waals surface area contributed by atoms with Crippen molar-refractivity contribution in [1.82, 2.24) is 9.71 Å². The van der Waals surface area contributed by atoms with Crippen molar-refractivity contribution in [3.05, 3.63) is 30.1 Å². The van der Waals surface area contributed by atoms with Gasteiger partial charge in [0.1, 0.15) is 16.6 Å². The van der Waals surface area contributed by atoms with Crippen LogP contribution in [0.5, 0.6) is 0 Å². The highest BCUT2D eigenvalue weighted by Crippen LogP contribution is 2.16. The van der Waals surface area contributed by atoms with Gasteiger partial charge in [-0.15, -0.1) is 0 Å². The van der Waals surface area contributed by atoms with Gasteiger partial charge in [0.05, 0.1) is 6.20 Å². The lowest BCUT2D eigenvalue weighted by molar-refractivity contribution is 0.0696. The van der Waals surface area contributed by atoms with Crippen LogP contribution in [0.15, 0.2) is 24.5 Å². The molecule has 2 N–H and O–H groups in total. The second-order valence-electron chi connectivity index (χ2n) is 2.56. The van der Waals surface area contributed by atoms with Crippen LogP contribution >= 0.6 is 0 Å². The van der Waals surface area contributed by atoms with Crippen molar-refractivity contribution in [3.63, 3.8) is 0 Å². The smallest absolute Gasteiger partial charge is 0.339 e. The minimum atomic E-state index is -1.10. The molecule has 0 atom stereocenters. The number of fused-ring (bicyclic) bond motifs is 1. The largest absolute Gasteiger partial charge is 0.478 e. The van der Waals surface area contributed by atoms with Crippen molar-refractivity contribution in [2.45, 2.75) is 0 Å². The Bertz CT molecular complexity index is 475. The van der Waals surface area contributed by atoms with Crippen LogP contribution in [0, 0.1) is 0 Å². The highest BCUT2D eigenvalue weighted by molar-refractivity contribution is 6.01. The van der Waals surface area contributed by atoms with E-state index in [0.717, 1.165) is 10.9 Å². The first-order chi connectivity index (χ1) is 6.20. The number of aromatic nitrogens is 2.